The Labute approximate surface area is 122 Å². The molecule has 5 nitrogen and oxygen atoms in total. The summed E-state index contributed by atoms with van der Waals surface area (Å²) in [5.41, 5.74) is 1.13. The van der Waals surface area contributed by atoms with Gasteiger partial charge in [-0.05, 0) is 26.5 Å². The zero-order valence-electron chi connectivity index (χ0n) is 13.2. The quantitative estimate of drug-likeness (QED) is 0.846. The van der Waals surface area contributed by atoms with Crippen molar-refractivity contribution in [3.05, 3.63) is 18.0 Å². The van der Waals surface area contributed by atoms with Gasteiger partial charge in [0.15, 0.2) is 0 Å². The lowest BCUT2D eigenvalue weighted by Crippen LogP contribution is -2.54. The van der Waals surface area contributed by atoms with Crippen LogP contribution in [0.1, 0.15) is 26.5 Å². The second kappa shape index (κ2) is 7.20. The Bertz CT molecular complexity index is 404. The van der Waals surface area contributed by atoms with Crippen molar-refractivity contribution in [2.45, 2.75) is 45.4 Å². The summed E-state index contributed by atoms with van der Waals surface area (Å²) in [4.78, 5) is 2.50. The molecule has 2 rings (SSSR count). The number of nitrogens with one attached hydrogen (secondary N) is 1. The molecule has 1 fully saturated rings. The standard InChI is InChI=1S/C15H28N4O/c1-5-16-14(10-13-6-7-18(4)17-13)15-11-19(12(2)3)8-9-20-15/h6-7,12,14-16H,5,8-11H2,1-4H3. The van der Waals surface area contributed by atoms with E-state index in [1.807, 2.05) is 17.9 Å². The molecule has 2 unspecified atom stereocenters. The zero-order chi connectivity index (χ0) is 14.5. The van der Waals surface area contributed by atoms with Gasteiger partial charge in [0.2, 0.25) is 0 Å². The molecule has 1 aromatic heterocycles. The van der Waals surface area contributed by atoms with Crippen molar-refractivity contribution >= 4 is 0 Å². The van der Waals surface area contributed by atoms with E-state index in [1.54, 1.807) is 0 Å². The van der Waals surface area contributed by atoms with Crippen LogP contribution in [0.5, 0.6) is 0 Å². The van der Waals surface area contributed by atoms with Crippen LogP contribution in [-0.2, 0) is 18.2 Å². The van der Waals surface area contributed by atoms with Gasteiger partial charge < -0.3 is 10.1 Å². The van der Waals surface area contributed by atoms with Gasteiger partial charge in [0, 0.05) is 44.8 Å². The molecule has 1 aromatic rings. The van der Waals surface area contributed by atoms with E-state index in [1.165, 1.54) is 0 Å². The lowest BCUT2D eigenvalue weighted by molar-refractivity contribution is -0.0551. The first-order chi connectivity index (χ1) is 9.60. The lowest BCUT2D eigenvalue weighted by atomic mass is 10.0. The van der Waals surface area contributed by atoms with Crippen molar-refractivity contribution in [1.29, 1.82) is 0 Å². The molecule has 0 aliphatic carbocycles. The Balaban J connectivity index is 1.99. The van der Waals surface area contributed by atoms with Gasteiger partial charge in [-0.1, -0.05) is 6.92 Å². The van der Waals surface area contributed by atoms with Gasteiger partial charge in [0.1, 0.15) is 0 Å². The fourth-order valence-electron chi connectivity index (χ4n) is 2.80. The summed E-state index contributed by atoms with van der Waals surface area (Å²) in [6.45, 7) is 10.5. The van der Waals surface area contributed by atoms with Crippen molar-refractivity contribution in [1.82, 2.24) is 20.0 Å². The molecule has 1 aliphatic rings. The molecule has 0 spiro atoms. The van der Waals surface area contributed by atoms with E-state index >= 15 is 0 Å². The number of rotatable bonds is 6. The van der Waals surface area contributed by atoms with Crippen LogP contribution in [0.25, 0.3) is 0 Å². The SMILES string of the molecule is CCNC(Cc1ccn(C)n1)C1CN(C(C)C)CCO1. The molecular formula is C15H28N4O. The van der Waals surface area contributed by atoms with Crippen LogP contribution in [0.3, 0.4) is 0 Å². The number of hydrogen-bond donors (Lipinski definition) is 1. The lowest BCUT2D eigenvalue weighted by Gasteiger charge is -2.39. The van der Waals surface area contributed by atoms with Gasteiger partial charge in [-0.2, -0.15) is 5.10 Å². The molecule has 0 radical (unpaired) electrons. The van der Waals surface area contributed by atoms with Gasteiger partial charge in [0.25, 0.3) is 0 Å². The van der Waals surface area contributed by atoms with Gasteiger partial charge in [-0.15, -0.1) is 0 Å². The summed E-state index contributed by atoms with van der Waals surface area (Å²) < 4.78 is 7.87. The van der Waals surface area contributed by atoms with Gasteiger partial charge in [-0.3, -0.25) is 9.58 Å². The van der Waals surface area contributed by atoms with Crippen LogP contribution in [0.4, 0.5) is 0 Å². The molecule has 2 heterocycles. The third kappa shape index (κ3) is 4.04. The van der Waals surface area contributed by atoms with Gasteiger partial charge in [0.05, 0.1) is 18.4 Å². The van der Waals surface area contributed by atoms with Crippen LogP contribution in [0.2, 0.25) is 0 Å². The van der Waals surface area contributed by atoms with Crippen molar-refractivity contribution in [2.75, 3.05) is 26.2 Å². The fraction of sp³-hybridized carbons (Fsp3) is 0.800. The minimum atomic E-state index is 0.244. The molecule has 114 valence electrons. The summed E-state index contributed by atoms with van der Waals surface area (Å²) in [7, 11) is 1.96. The number of nitrogens with zero attached hydrogens (tertiary/aromatic N) is 3. The molecule has 0 aromatic carbocycles. The van der Waals surface area contributed by atoms with E-state index in [0.29, 0.717) is 12.1 Å². The summed E-state index contributed by atoms with van der Waals surface area (Å²) in [6, 6.07) is 3.00. The predicted octanol–water partition coefficient (Wildman–Crippen LogP) is 1.05. The third-order valence-corrected chi connectivity index (χ3v) is 3.97. The molecule has 2 atom stereocenters. The number of likely N-dealkylation sites (N-methyl/N-ethyl adjacent to an activating group) is 1. The first-order valence-corrected chi connectivity index (χ1v) is 7.67. The highest BCUT2D eigenvalue weighted by atomic mass is 16.5. The van der Waals surface area contributed by atoms with Crippen molar-refractivity contribution in [2.24, 2.45) is 7.05 Å². The highest BCUT2D eigenvalue weighted by Crippen LogP contribution is 2.14. The number of aryl methyl sites for hydroxylation is 1. The Kier molecular flexibility index (Phi) is 5.57. The Hall–Kier alpha value is -0.910. The molecular weight excluding hydrogens is 252 g/mol. The average molecular weight is 280 g/mol. The van der Waals surface area contributed by atoms with E-state index in [0.717, 1.165) is 38.4 Å². The molecule has 1 saturated heterocycles. The monoisotopic (exact) mass is 280 g/mol. The minimum Gasteiger partial charge on any atom is -0.374 e. The molecule has 0 saturated carbocycles. The molecule has 0 bridgehead atoms. The average Bonchev–Trinajstić information content (AvgIpc) is 2.84. The van der Waals surface area contributed by atoms with Crippen LogP contribution < -0.4 is 5.32 Å². The van der Waals surface area contributed by atoms with E-state index in [4.69, 9.17) is 4.74 Å². The summed E-state index contributed by atoms with van der Waals surface area (Å²) in [5.74, 6) is 0. The van der Waals surface area contributed by atoms with E-state index in [9.17, 15) is 0 Å². The predicted molar refractivity (Wildman–Crippen MR) is 80.8 cm³/mol. The Morgan fingerprint density at radius 3 is 2.90 bits per heavy atom. The van der Waals surface area contributed by atoms with Crippen LogP contribution in [0, 0.1) is 0 Å². The summed E-state index contributed by atoms with van der Waals surface area (Å²) in [5, 5.41) is 8.06. The molecule has 5 heteroatoms. The highest BCUT2D eigenvalue weighted by molar-refractivity contribution is 5.03. The molecule has 1 aliphatic heterocycles. The molecule has 1 N–H and O–H groups in total. The van der Waals surface area contributed by atoms with E-state index in [-0.39, 0.29) is 6.10 Å². The van der Waals surface area contributed by atoms with Gasteiger partial charge >= 0.3 is 0 Å². The van der Waals surface area contributed by atoms with Crippen molar-refractivity contribution in [3.63, 3.8) is 0 Å². The Morgan fingerprint density at radius 1 is 1.50 bits per heavy atom. The largest absolute Gasteiger partial charge is 0.374 e. The molecule has 20 heavy (non-hydrogen) atoms. The number of hydrogen-bond acceptors (Lipinski definition) is 4. The van der Waals surface area contributed by atoms with Crippen molar-refractivity contribution < 1.29 is 4.74 Å². The highest BCUT2D eigenvalue weighted by Gasteiger charge is 2.29. The van der Waals surface area contributed by atoms with Crippen LogP contribution >= 0.6 is 0 Å². The maximum atomic E-state index is 6.01. The van der Waals surface area contributed by atoms with Gasteiger partial charge in [-0.25, -0.2) is 0 Å². The number of ether oxygens (including phenoxy) is 1. The topological polar surface area (TPSA) is 42.3 Å². The smallest absolute Gasteiger partial charge is 0.0859 e. The fourth-order valence-corrected chi connectivity index (χ4v) is 2.80. The zero-order valence-corrected chi connectivity index (χ0v) is 13.2. The van der Waals surface area contributed by atoms with Crippen LogP contribution in [-0.4, -0.2) is 59.1 Å². The minimum absolute atomic E-state index is 0.244. The maximum Gasteiger partial charge on any atom is 0.0859 e. The van der Waals surface area contributed by atoms with Crippen LogP contribution in [0.15, 0.2) is 12.3 Å². The normalized spacial score (nSPS) is 22.4. The first kappa shape index (κ1) is 15.5. The number of aromatic nitrogens is 2. The summed E-state index contributed by atoms with van der Waals surface area (Å²) >= 11 is 0. The maximum absolute atomic E-state index is 6.01. The molecule has 0 amide bonds. The second-order valence-electron chi connectivity index (χ2n) is 5.85. The van der Waals surface area contributed by atoms with Crippen molar-refractivity contribution in [3.8, 4) is 0 Å². The van der Waals surface area contributed by atoms with E-state index < -0.39 is 0 Å². The number of morpholine rings is 1. The second-order valence-corrected chi connectivity index (χ2v) is 5.85. The Morgan fingerprint density at radius 2 is 2.30 bits per heavy atom. The first-order valence-electron chi connectivity index (χ1n) is 7.67. The van der Waals surface area contributed by atoms with E-state index in [2.05, 4.69) is 42.2 Å². The third-order valence-electron chi connectivity index (χ3n) is 3.97. The summed E-state index contributed by atoms with van der Waals surface area (Å²) in [6.07, 6.45) is 3.17.